The number of hydrogen-bond acceptors (Lipinski definition) is 4. The third kappa shape index (κ3) is 5.02. The van der Waals surface area contributed by atoms with Gasteiger partial charge < -0.3 is 9.47 Å². The largest absolute Gasteiger partial charge is 0.474 e. The average molecular weight is 398 g/mol. The maximum atomic E-state index is 13.0. The van der Waals surface area contributed by atoms with Gasteiger partial charge in [0.15, 0.2) is 5.88 Å². The van der Waals surface area contributed by atoms with E-state index in [9.17, 15) is 9.00 Å². The maximum Gasteiger partial charge on any atom is 0.244 e. The zero-order valence-electron chi connectivity index (χ0n) is 17.6. The molecule has 1 amide bonds. The molecule has 0 bridgehead atoms. The molecule has 0 aromatic carbocycles. The van der Waals surface area contributed by atoms with Crippen LogP contribution in [0.4, 0.5) is 0 Å². The average Bonchev–Trinajstić information content (AvgIpc) is 2.67. The summed E-state index contributed by atoms with van der Waals surface area (Å²) in [7, 11) is -1.27. The first kappa shape index (κ1) is 22.2. The first-order valence-electron chi connectivity index (χ1n) is 10.00. The second kappa shape index (κ2) is 8.91. The van der Waals surface area contributed by atoms with Gasteiger partial charge in [-0.05, 0) is 56.1 Å². The number of ether oxygens (including phenoxy) is 2. The molecule has 1 atom stereocenters. The van der Waals surface area contributed by atoms with Gasteiger partial charge >= 0.3 is 0 Å². The zero-order valence-corrected chi connectivity index (χ0v) is 18.5. The molecule has 0 aromatic rings. The lowest BCUT2D eigenvalue weighted by Crippen LogP contribution is -2.49. The summed E-state index contributed by atoms with van der Waals surface area (Å²) in [6, 6.07) is 0. The van der Waals surface area contributed by atoms with Crippen molar-refractivity contribution in [3.63, 3.8) is 0 Å². The maximum absolute atomic E-state index is 13.0. The van der Waals surface area contributed by atoms with E-state index in [2.05, 4.69) is 33.0 Å². The molecular formula is C21H35NO4S. The Morgan fingerprint density at radius 1 is 1.22 bits per heavy atom. The Morgan fingerprint density at radius 3 is 2.41 bits per heavy atom. The number of rotatable bonds is 7. The number of carbonyl (C=O) groups is 1. The van der Waals surface area contributed by atoms with E-state index in [1.807, 2.05) is 6.08 Å². The van der Waals surface area contributed by atoms with E-state index in [1.54, 1.807) is 13.8 Å². The van der Waals surface area contributed by atoms with Gasteiger partial charge in [0.05, 0.1) is 0 Å². The third-order valence-corrected chi connectivity index (χ3v) is 8.12. The highest BCUT2D eigenvalue weighted by Crippen LogP contribution is 2.37. The summed E-state index contributed by atoms with van der Waals surface area (Å²) in [4.78, 5) is 12.9. The fourth-order valence-corrected chi connectivity index (χ4v) is 5.09. The van der Waals surface area contributed by atoms with Gasteiger partial charge in [-0.2, -0.15) is 0 Å². The number of allylic oxidation sites excluding steroid dienone is 2. The molecule has 0 saturated carbocycles. The normalized spacial score (nSPS) is 20.7. The number of carbonyl (C=O) groups excluding carboxylic acids is 1. The third-order valence-electron chi connectivity index (χ3n) is 5.86. The van der Waals surface area contributed by atoms with E-state index in [1.165, 1.54) is 11.1 Å². The molecule has 154 valence electrons. The van der Waals surface area contributed by atoms with E-state index in [4.69, 9.17) is 9.47 Å². The second-order valence-corrected chi connectivity index (χ2v) is 10.8. The van der Waals surface area contributed by atoms with Gasteiger partial charge in [-0.25, -0.2) is 0 Å². The fourth-order valence-electron chi connectivity index (χ4n) is 3.41. The molecule has 1 fully saturated rings. The van der Waals surface area contributed by atoms with Crippen LogP contribution in [-0.2, 0) is 25.1 Å². The summed E-state index contributed by atoms with van der Waals surface area (Å²) >= 11 is 0. The first-order valence-corrected chi connectivity index (χ1v) is 11.2. The Bertz CT molecular complexity index is 643. The van der Waals surface area contributed by atoms with Crippen LogP contribution in [0.25, 0.3) is 0 Å². The predicted octanol–water partition coefficient (Wildman–Crippen LogP) is 3.82. The van der Waals surface area contributed by atoms with Crippen LogP contribution in [0, 0.1) is 5.41 Å². The molecule has 1 saturated heterocycles. The van der Waals surface area contributed by atoms with Crippen molar-refractivity contribution in [1.82, 2.24) is 5.32 Å². The summed E-state index contributed by atoms with van der Waals surface area (Å²) < 4.78 is 23.2. The molecule has 2 aliphatic rings. The SMILES string of the molecule is CCC1=C(C(C)(C)CC)C=C(NC(=O)C(C)(C)S(=O)C2CCOCC2)OC1. The van der Waals surface area contributed by atoms with E-state index >= 15 is 0 Å². The lowest BCUT2D eigenvalue weighted by molar-refractivity contribution is -0.123. The summed E-state index contributed by atoms with van der Waals surface area (Å²) in [5, 5.41) is 2.89. The van der Waals surface area contributed by atoms with Crippen LogP contribution in [0.5, 0.6) is 0 Å². The van der Waals surface area contributed by atoms with Gasteiger partial charge in [0.25, 0.3) is 0 Å². The topological polar surface area (TPSA) is 64.6 Å². The fraction of sp³-hybridized carbons (Fsp3) is 0.762. The van der Waals surface area contributed by atoms with E-state index in [0.717, 1.165) is 25.7 Å². The van der Waals surface area contributed by atoms with Gasteiger partial charge in [0.2, 0.25) is 5.91 Å². The Balaban J connectivity index is 2.16. The van der Waals surface area contributed by atoms with Crippen molar-refractivity contribution in [2.24, 2.45) is 5.41 Å². The van der Waals surface area contributed by atoms with Crippen molar-refractivity contribution in [3.05, 3.63) is 23.1 Å². The molecule has 5 nitrogen and oxygen atoms in total. The number of amides is 1. The number of nitrogens with one attached hydrogen (secondary N) is 1. The molecule has 1 N–H and O–H groups in total. The molecule has 0 spiro atoms. The molecular weight excluding hydrogens is 362 g/mol. The predicted molar refractivity (Wildman–Crippen MR) is 110 cm³/mol. The quantitative estimate of drug-likeness (QED) is 0.709. The minimum Gasteiger partial charge on any atom is -0.474 e. The highest BCUT2D eigenvalue weighted by molar-refractivity contribution is 7.87. The van der Waals surface area contributed by atoms with Crippen molar-refractivity contribution in [1.29, 1.82) is 0 Å². The van der Waals surface area contributed by atoms with Gasteiger partial charge in [0.1, 0.15) is 11.4 Å². The Hall–Kier alpha value is -1.14. The van der Waals surface area contributed by atoms with Gasteiger partial charge in [0, 0.05) is 35.3 Å². The van der Waals surface area contributed by atoms with Gasteiger partial charge in [-0.3, -0.25) is 14.3 Å². The molecule has 6 heteroatoms. The van der Waals surface area contributed by atoms with Crippen LogP contribution in [0.2, 0.25) is 0 Å². The molecule has 0 aliphatic carbocycles. The second-order valence-electron chi connectivity index (χ2n) is 8.48. The molecule has 2 rings (SSSR count). The summed E-state index contributed by atoms with van der Waals surface area (Å²) in [6.07, 6.45) is 5.36. The van der Waals surface area contributed by atoms with Gasteiger partial charge in [-0.1, -0.05) is 27.7 Å². The first-order chi connectivity index (χ1) is 12.6. The Kier molecular flexibility index (Phi) is 7.31. The highest BCUT2D eigenvalue weighted by atomic mass is 32.2. The van der Waals surface area contributed by atoms with Crippen LogP contribution in [-0.4, -0.2) is 39.9 Å². The van der Waals surface area contributed by atoms with Crippen LogP contribution in [0.1, 0.15) is 67.2 Å². The minimum absolute atomic E-state index is 0.00179. The summed E-state index contributed by atoms with van der Waals surface area (Å²) in [5.74, 6) is 0.206. The monoisotopic (exact) mass is 397 g/mol. The Labute approximate surface area is 166 Å². The lowest BCUT2D eigenvalue weighted by atomic mass is 9.78. The van der Waals surface area contributed by atoms with E-state index < -0.39 is 15.5 Å². The van der Waals surface area contributed by atoms with E-state index in [0.29, 0.717) is 25.7 Å². The molecule has 0 radical (unpaired) electrons. The smallest absolute Gasteiger partial charge is 0.244 e. The minimum atomic E-state index is -1.27. The van der Waals surface area contributed by atoms with Crippen molar-refractivity contribution in [2.45, 2.75) is 77.2 Å². The van der Waals surface area contributed by atoms with Crippen LogP contribution >= 0.6 is 0 Å². The zero-order chi connectivity index (χ0) is 20.2. The lowest BCUT2D eigenvalue weighted by Gasteiger charge is -2.33. The highest BCUT2D eigenvalue weighted by Gasteiger charge is 2.40. The van der Waals surface area contributed by atoms with Crippen LogP contribution in [0.15, 0.2) is 23.1 Å². The molecule has 2 aliphatic heterocycles. The standard InChI is InChI=1S/C21H35NO4S/c1-7-15-14-26-18(13-17(15)20(3,4)8-2)22-19(23)21(5,6)27(24)16-9-11-25-12-10-16/h13,16H,7-12,14H2,1-6H3,(H,22,23). The Morgan fingerprint density at radius 2 is 1.85 bits per heavy atom. The summed E-state index contributed by atoms with van der Waals surface area (Å²) in [5.41, 5.74) is 2.52. The van der Waals surface area contributed by atoms with Crippen molar-refractivity contribution in [2.75, 3.05) is 19.8 Å². The van der Waals surface area contributed by atoms with E-state index in [-0.39, 0.29) is 16.6 Å². The molecule has 2 heterocycles. The van der Waals surface area contributed by atoms with Crippen molar-refractivity contribution in [3.8, 4) is 0 Å². The molecule has 0 aromatic heterocycles. The van der Waals surface area contributed by atoms with Crippen molar-refractivity contribution >= 4 is 16.7 Å². The van der Waals surface area contributed by atoms with Gasteiger partial charge in [-0.15, -0.1) is 0 Å². The molecule has 27 heavy (non-hydrogen) atoms. The summed E-state index contributed by atoms with van der Waals surface area (Å²) in [6.45, 7) is 13.9. The number of hydrogen-bond donors (Lipinski definition) is 1. The van der Waals surface area contributed by atoms with Crippen molar-refractivity contribution < 1.29 is 18.5 Å². The van der Waals surface area contributed by atoms with Crippen LogP contribution in [0.3, 0.4) is 0 Å². The molecule has 1 unspecified atom stereocenters. The van der Waals surface area contributed by atoms with Crippen LogP contribution < -0.4 is 5.32 Å².